The van der Waals surface area contributed by atoms with E-state index in [0.717, 1.165) is 31.8 Å². The van der Waals surface area contributed by atoms with Crippen LogP contribution in [0.3, 0.4) is 0 Å². The van der Waals surface area contributed by atoms with Crippen molar-refractivity contribution in [3.05, 3.63) is 47.0 Å². The molecule has 0 aliphatic carbocycles. The van der Waals surface area contributed by atoms with E-state index in [1.54, 1.807) is 6.20 Å². The Morgan fingerprint density at radius 1 is 1.41 bits per heavy atom. The van der Waals surface area contributed by atoms with Gasteiger partial charge in [0.2, 0.25) is 0 Å². The Hall–Kier alpha value is -1.72. The van der Waals surface area contributed by atoms with Crippen LogP contribution in [0.4, 0.5) is 0 Å². The van der Waals surface area contributed by atoms with Gasteiger partial charge in [-0.25, -0.2) is 0 Å². The van der Waals surface area contributed by atoms with E-state index < -0.39 is 0 Å². The Kier molecular flexibility index (Phi) is 4.55. The third-order valence-corrected chi connectivity index (χ3v) is 4.52. The molecule has 0 saturated carbocycles. The zero-order valence-corrected chi connectivity index (χ0v) is 13.5. The van der Waals surface area contributed by atoms with Crippen molar-refractivity contribution in [2.24, 2.45) is 13.0 Å². The first-order chi connectivity index (χ1) is 10.7. The zero-order chi connectivity index (χ0) is 15.5. The summed E-state index contributed by atoms with van der Waals surface area (Å²) in [6.45, 7) is 6.83. The minimum absolute atomic E-state index is 0.162. The maximum absolute atomic E-state index is 6.02. The Bertz CT molecular complexity index is 623. The second kappa shape index (κ2) is 6.58. The smallest absolute Gasteiger partial charge is 0.0901 e. The van der Waals surface area contributed by atoms with Gasteiger partial charge in [-0.05, 0) is 31.9 Å². The minimum atomic E-state index is 0.162. The SMILES string of the molecule is Cc1nn(C)c(C)c1[C@H]1OCC[C@H]1CNCc1cccnc1. The minimum Gasteiger partial charge on any atom is -0.373 e. The molecule has 0 unspecified atom stereocenters. The standard InChI is InChI=1S/C17H24N4O/c1-12-16(13(2)21(3)20-12)17-15(6-8-22-17)11-19-10-14-5-4-7-18-9-14/h4-5,7,9,15,17,19H,6,8,10-11H2,1-3H3/t15-,17-/m0/s1. The van der Waals surface area contributed by atoms with Crippen molar-refractivity contribution in [3.63, 3.8) is 0 Å². The van der Waals surface area contributed by atoms with E-state index >= 15 is 0 Å². The lowest BCUT2D eigenvalue weighted by atomic mass is 9.94. The zero-order valence-electron chi connectivity index (χ0n) is 13.5. The van der Waals surface area contributed by atoms with E-state index in [4.69, 9.17) is 4.74 Å². The van der Waals surface area contributed by atoms with Gasteiger partial charge in [0.15, 0.2) is 0 Å². The first-order valence-corrected chi connectivity index (χ1v) is 7.88. The highest BCUT2D eigenvalue weighted by molar-refractivity contribution is 5.28. The van der Waals surface area contributed by atoms with E-state index in [1.165, 1.54) is 16.8 Å². The van der Waals surface area contributed by atoms with Crippen molar-refractivity contribution >= 4 is 0 Å². The lowest BCUT2D eigenvalue weighted by Crippen LogP contribution is -2.25. The van der Waals surface area contributed by atoms with Crippen LogP contribution in [0.15, 0.2) is 24.5 Å². The fraction of sp³-hybridized carbons (Fsp3) is 0.529. The second-order valence-corrected chi connectivity index (χ2v) is 6.04. The van der Waals surface area contributed by atoms with Crippen LogP contribution in [0.2, 0.25) is 0 Å². The monoisotopic (exact) mass is 300 g/mol. The summed E-state index contributed by atoms with van der Waals surface area (Å²) in [5.41, 5.74) is 4.78. The topological polar surface area (TPSA) is 52.0 Å². The van der Waals surface area contributed by atoms with Crippen molar-refractivity contribution in [1.29, 1.82) is 0 Å². The summed E-state index contributed by atoms with van der Waals surface area (Å²) in [6, 6.07) is 4.07. The maximum atomic E-state index is 6.02. The molecule has 0 aromatic carbocycles. The van der Waals surface area contributed by atoms with Gasteiger partial charge in [-0.15, -0.1) is 0 Å². The highest BCUT2D eigenvalue weighted by atomic mass is 16.5. The van der Waals surface area contributed by atoms with Gasteiger partial charge < -0.3 is 10.1 Å². The fourth-order valence-corrected chi connectivity index (χ4v) is 3.27. The predicted octanol–water partition coefficient (Wildman–Crippen LogP) is 2.30. The molecule has 1 saturated heterocycles. The van der Waals surface area contributed by atoms with Gasteiger partial charge in [-0.2, -0.15) is 5.10 Å². The summed E-state index contributed by atoms with van der Waals surface area (Å²) in [4.78, 5) is 4.15. The van der Waals surface area contributed by atoms with Crippen molar-refractivity contribution in [1.82, 2.24) is 20.1 Å². The summed E-state index contributed by atoms with van der Waals surface area (Å²) in [5.74, 6) is 0.498. The molecule has 0 amide bonds. The molecule has 2 aromatic rings. The third-order valence-electron chi connectivity index (χ3n) is 4.52. The van der Waals surface area contributed by atoms with Gasteiger partial charge in [0.25, 0.3) is 0 Å². The summed E-state index contributed by atoms with van der Waals surface area (Å²) in [5, 5.41) is 8.07. The van der Waals surface area contributed by atoms with E-state index in [-0.39, 0.29) is 6.10 Å². The van der Waals surface area contributed by atoms with E-state index in [1.807, 2.05) is 24.0 Å². The molecule has 22 heavy (non-hydrogen) atoms. The van der Waals surface area contributed by atoms with Crippen LogP contribution in [0.25, 0.3) is 0 Å². The van der Waals surface area contributed by atoms with E-state index in [9.17, 15) is 0 Å². The molecule has 2 atom stereocenters. The number of nitrogens with one attached hydrogen (secondary N) is 1. The van der Waals surface area contributed by atoms with Gasteiger partial charge in [-0.1, -0.05) is 6.07 Å². The molecule has 1 N–H and O–H groups in total. The first-order valence-electron chi connectivity index (χ1n) is 7.88. The van der Waals surface area contributed by atoms with Crippen molar-refractivity contribution in [2.45, 2.75) is 32.9 Å². The number of aryl methyl sites for hydroxylation is 2. The Morgan fingerprint density at radius 3 is 2.95 bits per heavy atom. The van der Waals surface area contributed by atoms with Crippen LogP contribution in [-0.4, -0.2) is 27.9 Å². The van der Waals surface area contributed by atoms with Crippen LogP contribution < -0.4 is 5.32 Å². The Morgan fingerprint density at radius 2 is 2.27 bits per heavy atom. The Balaban J connectivity index is 1.63. The molecular formula is C17H24N4O. The highest BCUT2D eigenvalue weighted by Crippen LogP contribution is 2.37. The lowest BCUT2D eigenvalue weighted by molar-refractivity contribution is 0.0893. The largest absolute Gasteiger partial charge is 0.373 e. The molecule has 0 radical (unpaired) electrons. The molecular weight excluding hydrogens is 276 g/mol. The number of hydrogen-bond donors (Lipinski definition) is 1. The predicted molar refractivity (Wildman–Crippen MR) is 85.4 cm³/mol. The summed E-state index contributed by atoms with van der Waals surface area (Å²) < 4.78 is 7.97. The summed E-state index contributed by atoms with van der Waals surface area (Å²) in [6.07, 6.45) is 4.97. The number of nitrogens with zero attached hydrogens (tertiary/aromatic N) is 3. The maximum Gasteiger partial charge on any atom is 0.0901 e. The van der Waals surface area contributed by atoms with Gasteiger partial charge >= 0.3 is 0 Å². The molecule has 1 aliphatic rings. The van der Waals surface area contributed by atoms with Crippen molar-refractivity contribution < 1.29 is 4.74 Å². The molecule has 1 aliphatic heterocycles. The van der Waals surface area contributed by atoms with Crippen LogP contribution in [0.5, 0.6) is 0 Å². The van der Waals surface area contributed by atoms with Crippen molar-refractivity contribution in [2.75, 3.05) is 13.2 Å². The third kappa shape index (κ3) is 3.05. The molecule has 118 valence electrons. The molecule has 3 heterocycles. The molecule has 0 bridgehead atoms. The molecule has 0 spiro atoms. The van der Waals surface area contributed by atoms with Gasteiger partial charge in [0, 0.05) is 56.3 Å². The normalized spacial score (nSPS) is 21.4. The van der Waals surface area contributed by atoms with Gasteiger partial charge in [-0.3, -0.25) is 9.67 Å². The average molecular weight is 300 g/mol. The van der Waals surface area contributed by atoms with Crippen LogP contribution in [0, 0.1) is 19.8 Å². The van der Waals surface area contributed by atoms with Crippen LogP contribution >= 0.6 is 0 Å². The van der Waals surface area contributed by atoms with Gasteiger partial charge in [0.1, 0.15) is 0 Å². The first kappa shape index (κ1) is 15.2. The number of aromatic nitrogens is 3. The van der Waals surface area contributed by atoms with Crippen LogP contribution in [-0.2, 0) is 18.3 Å². The van der Waals surface area contributed by atoms with Gasteiger partial charge in [0.05, 0.1) is 11.8 Å². The second-order valence-electron chi connectivity index (χ2n) is 6.04. The molecule has 2 aromatic heterocycles. The molecule has 3 rings (SSSR count). The van der Waals surface area contributed by atoms with E-state index in [2.05, 4.69) is 35.3 Å². The number of hydrogen-bond acceptors (Lipinski definition) is 4. The molecule has 5 heteroatoms. The number of rotatable bonds is 5. The summed E-state index contributed by atoms with van der Waals surface area (Å²) in [7, 11) is 2.00. The highest BCUT2D eigenvalue weighted by Gasteiger charge is 2.33. The number of ether oxygens (including phenoxy) is 1. The lowest BCUT2D eigenvalue weighted by Gasteiger charge is -2.20. The number of pyridine rings is 1. The van der Waals surface area contributed by atoms with Crippen LogP contribution in [0.1, 0.15) is 35.0 Å². The molecule has 1 fully saturated rings. The average Bonchev–Trinajstić information content (AvgIpc) is 3.05. The van der Waals surface area contributed by atoms with E-state index in [0.29, 0.717) is 5.92 Å². The Labute approximate surface area is 131 Å². The van der Waals surface area contributed by atoms with Crippen molar-refractivity contribution in [3.8, 4) is 0 Å². The quantitative estimate of drug-likeness (QED) is 0.920. The summed E-state index contributed by atoms with van der Waals surface area (Å²) >= 11 is 0. The molecule has 5 nitrogen and oxygen atoms in total. The fourth-order valence-electron chi connectivity index (χ4n) is 3.27.